The predicted octanol–water partition coefficient (Wildman–Crippen LogP) is 0.563. The molecular weight excluding hydrogens is 294 g/mol. The Hall–Kier alpha value is -1.92. The quantitative estimate of drug-likeness (QED) is 0.434. The molecule has 23 heavy (non-hydrogen) atoms. The van der Waals surface area contributed by atoms with Gasteiger partial charge in [-0.2, -0.15) is 0 Å². The summed E-state index contributed by atoms with van der Waals surface area (Å²) in [4.78, 5) is 22.8. The Morgan fingerprint density at radius 2 is 2.00 bits per heavy atom. The first-order valence-corrected chi connectivity index (χ1v) is 7.93. The van der Waals surface area contributed by atoms with Gasteiger partial charge in [-0.25, -0.2) is 0 Å². The molecule has 1 saturated carbocycles. The molecule has 1 aliphatic rings. The average Bonchev–Trinajstić information content (AvgIpc) is 3.30. The van der Waals surface area contributed by atoms with E-state index in [0.29, 0.717) is 6.54 Å². The summed E-state index contributed by atoms with van der Waals surface area (Å²) >= 11 is 0. The Bertz CT molecular complexity index is 529. The number of carbonyl (C=O) groups excluding carboxylic acids is 2. The molecular formula is C17H25N3O3. The summed E-state index contributed by atoms with van der Waals surface area (Å²) in [7, 11) is 0. The summed E-state index contributed by atoms with van der Waals surface area (Å²) in [5.74, 6) is -0.501. The van der Waals surface area contributed by atoms with Crippen LogP contribution in [0.2, 0.25) is 0 Å². The molecule has 0 unspecified atom stereocenters. The first kappa shape index (κ1) is 17.4. The van der Waals surface area contributed by atoms with E-state index in [2.05, 4.69) is 10.6 Å². The lowest BCUT2D eigenvalue weighted by molar-refractivity contribution is -0.124. The highest BCUT2D eigenvalue weighted by Crippen LogP contribution is 2.34. The fraction of sp³-hybridized carbons (Fsp3) is 0.529. The van der Waals surface area contributed by atoms with Crippen LogP contribution in [0, 0.1) is 5.92 Å². The number of primary amides is 1. The van der Waals surface area contributed by atoms with Crippen molar-refractivity contribution in [3.8, 4) is 0 Å². The smallest absolute Gasteiger partial charge is 0.243 e. The molecule has 2 amide bonds. The number of nitrogens with two attached hydrogens (primary N) is 1. The van der Waals surface area contributed by atoms with Crippen LogP contribution in [0.5, 0.6) is 0 Å². The number of hydrogen-bond donors (Lipinski definition) is 3. The Balaban J connectivity index is 1.68. The Morgan fingerprint density at radius 1 is 1.30 bits per heavy atom. The molecule has 4 N–H and O–H groups in total. The summed E-state index contributed by atoms with van der Waals surface area (Å²) in [6, 6.07) is 9.99. The van der Waals surface area contributed by atoms with Gasteiger partial charge >= 0.3 is 0 Å². The molecule has 2 rings (SSSR count). The second kappa shape index (κ2) is 8.08. The van der Waals surface area contributed by atoms with Crippen LogP contribution in [-0.2, 0) is 20.7 Å². The molecule has 6 heteroatoms. The third-order valence-corrected chi connectivity index (χ3v) is 4.08. The Labute approximate surface area is 136 Å². The van der Waals surface area contributed by atoms with E-state index in [-0.39, 0.29) is 30.7 Å². The molecule has 126 valence electrons. The highest BCUT2D eigenvalue weighted by molar-refractivity contribution is 5.78. The highest BCUT2D eigenvalue weighted by Gasteiger charge is 2.42. The highest BCUT2D eigenvalue weighted by atomic mass is 16.5. The average molecular weight is 319 g/mol. The Morgan fingerprint density at radius 3 is 2.61 bits per heavy atom. The van der Waals surface area contributed by atoms with E-state index in [1.54, 1.807) is 0 Å². The number of rotatable bonds is 10. The molecule has 1 atom stereocenters. The SMILES string of the molecule is C[C@@H](Cc1ccccc1)C(=O)NCC1(NCOCC(N)=O)CC1. The molecule has 1 aliphatic carbocycles. The standard InChI is InChI=1S/C17H25N3O3/c1-13(9-14-5-3-2-4-6-14)16(22)19-11-17(7-8-17)20-12-23-10-15(18)21/h2-6,13,20H,7-12H2,1H3,(H2,18,21)(H,19,22)/t13-/m0/s1. The van der Waals surface area contributed by atoms with Gasteiger partial charge < -0.3 is 15.8 Å². The molecule has 0 bridgehead atoms. The number of amides is 2. The number of ether oxygens (including phenoxy) is 1. The fourth-order valence-corrected chi connectivity index (χ4v) is 2.41. The minimum atomic E-state index is -0.486. The van der Waals surface area contributed by atoms with Gasteiger partial charge in [-0.15, -0.1) is 0 Å². The van der Waals surface area contributed by atoms with Gasteiger partial charge in [0.1, 0.15) is 6.61 Å². The molecule has 0 aliphatic heterocycles. The second-order valence-corrected chi connectivity index (χ2v) is 6.22. The molecule has 0 radical (unpaired) electrons. The van der Waals surface area contributed by atoms with Crippen molar-refractivity contribution in [3.63, 3.8) is 0 Å². The Kier molecular flexibility index (Phi) is 6.12. The summed E-state index contributed by atoms with van der Waals surface area (Å²) < 4.78 is 5.11. The zero-order chi connectivity index (χ0) is 16.7. The lowest BCUT2D eigenvalue weighted by Gasteiger charge is -2.19. The third-order valence-electron chi connectivity index (χ3n) is 4.08. The van der Waals surface area contributed by atoms with Crippen molar-refractivity contribution in [2.45, 2.75) is 31.7 Å². The first-order chi connectivity index (χ1) is 11.0. The van der Waals surface area contributed by atoms with Crippen LogP contribution in [0.1, 0.15) is 25.3 Å². The van der Waals surface area contributed by atoms with Crippen LogP contribution >= 0.6 is 0 Å². The molecule has 6 nitrogen and oxygen atoms in total. The summed E-state index contributed by atoms with van der Waals surface area (Å²) in [6.07, 6.45) is 2.70. The van der Waals surface area contributed by atoms with Crippen LogP contribution in [0.4, 0.5) is 0 Å². The maximum Gasteiger partial charge on any atom is 0.243 e. The van der Waals surface area contributed by atoms with Crippen molar-refractivity contribution in [2.24, 2.45) is 11.7 Å². The number of carbonyl (C=O) groups is 2. The van der Waals surface area contributed by atoms with Crippen LogP contribution in [0.25, 0.3) is 0 Å². The zero-order valence-corrected chi connectivity index (χ0v) is 13.5. The van der Waals surface area contributed by atoms with E-state index in [4.69, 9.17) is 10.5 Å². The van der Waals surface area contributed by atoms with Crippen LogP contribution in [0.15, 0.2) is 30.3 Å². The normalized spacial score (nSPS) is 16.6. The van der Waals surface area contributed by atoms with Crippen molar-refractivity contribution in [2.75, 3.05) is 19.9 Å². The molecule has 0 aromatic heterocycles. The minimum absolute atomic E-state index is 0.0555. The van der Waals surface area contributed by atoms with Crippen molar-refractivity contribution >= 4 is 11.8 Å². The van der Waals surface area contributed by atoms with Gasteiger partial charge in [0.05, 0.1) is 6.73 Å². The molecule has 1 fully saturated rings. The number of benzene rings is 1. The minimum Gasteiger partial charge on any atom is -0.368 e. The molecule has 0 saturated heterocycles. The third kappa shape index (κ3) is 6.00. The van der Waals surface area contributed by atoms with Gasteiger partial charge in [0.2, 0.25) is 11.8 Å². The maximum atomic E-state index is 12.2. The van der Waals surface area contributed by atoms with Crippen molar-refractivity contribution in [1.29, 1.82) is 0 Å². The molecule has 0 spiro atoms. The van der Waals surface area contributed by atoms with Crippen LogP contribution in [0.3, 0.4) is 0 Å². The van der Waals surface area contributed by atoms with Gasteiger partial charge in [-0.05, 0) is 24.8 Å². The van der Waals surface area contributed by atoms with Gasteiger partial charge in [0, 0.05) is 18.0 Å². The molecule has 1 aromatic carbocycles. The van der Waals surface area contributed by atoms with Crippen molar-refractivity contribution in [3.05, 3.63) is 35.9 Å². The van der Waals surface area contributed by atoms with Gasteiger partial charge in [0.25, 0.3) is 0 Å². The molecule has 0 heterocycles. The van der Waals surface area contributed by atoms with Gasteiger partial charge in [0.15, 0.2) is 0 Å². The van der Waals surface area contributed by atoms with Crippen LogP contribution < -0.4 is 16.4 Å². The summed E-state index contributed by atoms with van der Waals surface area (Å²) in [5, 5.41) is 6.23. The van der Waals surface area contributed by atoms with E-state index in [1.807, 2.05) is 37.3 Å². The largest absolute Gasteiger partial charge is 0.368 e. The van der Waals surface area contributed by atoms with Gasteiger partial charge in [-0.3, -0.25) is 14.9 Å². The van der Waals surface area contributed by atoms with E-state index in [0.717, 1.165) is 24.8 Å². The summed E-state index contributed by atoms with van der Waals surface area (Å²) in [5.41, 5.74) is 6.07. The van der Waals surface area contributed by atoms with Crippen LogP contribution in [-0.4, -0.2) is 37.2 Å². The lowest BCUT2D eigenvalue weighted by Crippen LogP contribution is -2.45. The predicted molar refractivity (Wildman–Crippen MR) is 87.4 cm³/mol. The number of nitrogens with one attached hydrogen (secondary N) is 2. The maximum absolute atomic E-state index is 12.2. The van der Waals surface area contributed by atoms with E-state index < -0.39 is 5.91 Å². The fourth-order valence-electron chi connectivity index (χ4n) is 2.41. The van der Waals surface area contributed by atoms with E-state index >= 15 is 0 Å². The lowest BCUT2D eigenvalue weighted by atomic mass is 10.0. The van der Waals surface area contributed by atoms with Crippen molar-refractivity contribution < 1.29 is 14.3 Å². The van der Waals surface area contributed by atoms with E-state index in [9.17, 15) is 9.59 Å². The first-order valence-electron chi connectivity index (χ1n) is 7.93. The zero-order valence-electron chi connectivity index (χ0n) is 13.5. The van der Waals surface area contributed by atoms with E-state index in [1.165, 1.54) is 0 Å². The topological polar surface area (TPSA) is 93.4 Å². The number of hydrogen-bond acceptors (Lipinski definition) is 4. The summed E-state index contributed by atoms with van der Waals surface area (Å²) in [6.45, 7) is 2.68. The molecule has 1 aromatic rings. The van der Waals surface area contributed by atoms with Crippen molar-refractivity contribution in [1.82, 2.24) is 10.6 Å². The monoisotopic (exact) mass is 319 g/mol. The second-order valence-electron chi connectivity index (χ2n) is 6.22. The van der Waals surface area contributed by atoms with Gasteiger partial charge in [-0.1, -0.05) is 37.3 Å².